The first kappa shape index (κ1) is 12.0. The van der Waals surface area contributed by atoms with Crippen molar-refractivity contribution in [2.24, 2.45) is 5.84 Å². The van der Waals surface area contributed by atoms with Crippen molar-refractivity contribution in [3.63, 3.8) is 0 Å². The fraction of sp³-hybridized carbons (Fsp3) is 0.111. The third kappa shape index (κ3) is 2.82. The highest BCUT2D eigenvalue weighted by Gasteiger charge is 2.08. The topological polar surface area (TPSA) is 94.8 Å². The van der Waals surface area contributed by atoms with Gasteiger partial charge in [0.25, 0.3) is 5.95 Å². The number of benzene rings is 1. The van der Waals surface area contributed by atoms with E-state index in [1.807, 2.05) is 24.3 Å². The highest BCUT2D eigenvalue weighted by atomic mass is 35.5. The van der Waals surface area contributed by atoms with E-state index in [1.165, 1.54) is 16.4 Å². The van der Waals surface area contributed by atoms with Crippen molar-refractivity contribution in [3.8, 4) is 0 Å². The molecule has 0 spiro atoms. The Morgan fingerprint density at radius 3 is 2.59 bits per heavy atom. The van der Waals surface area contributed by atoms with Gasteiger partial charge in [-0.15, -0.1) is 10.2 Å². The van der Waals surface area contributed by atoms with Crippen LogP contribution in [-0.4, -0.2) is 14.9 Å². The molecule has 6 nitrogen and oxygen atoms in total. The van der Waals surface area contributed by atoms with Crippen LogP contribution in [0.15, 0.2) is 29.4 Å². The van der Waals surface area contributed by atoms with Crippen LogP contribution in [0.4, 0.5) is 5.95 Å². The van der Waals surface area contributed by atoms with Crippen molar-refractivity contribution in [1.82, 2.24) is 14.9 Å². The Hall–Kier alpha value is -1.44. The SMILES string of the molecule is NNc1nnc(SCc2ccc(Cl)cc2)n1N. The molecule has 17 heavy (non-hydrogen) atoms. The van der Waals surface area contributed by atoms with Crippen molar-refractivity contribution >= 4 is 29.3 Å². The highest BCUT2D eigenvalue weighted by Crippen LogP contribution is 2.22. The molecule has 2 aromatic rings. The van der Waals surface area contributed by atoms with Gasteiger partial charge in [0.1, 0.15) is 0 Å². The van der Waals surface area contributed by atoms with Crippen LogP contribution in [0.2, 0.25) is 5.02 Å². The van der Waals surface area contributed by atoms with E-state index in [2.05, 4.69) is 15.6 Å². The summed E-state index contributed by atoms with van der Waals surface area (Å²) in [5.74, 6) is 12.0. The molecule has 0 unspecified atom stereocenters. The summed E-state index contributed by atoms with van der Waals surface area (Å²) in [6.07, 6.45) is 0. The standard InChI is InChI=1S/C9H11ClN6S/c10-7-3-1-6(2-4-7)5-17-9-15-14-8(13-11)16(9)12/h1-4H,5,11-12H2,(H,13,14). The third-order valence-electron chi connectivity index (χ3n) is 2.07. The Morgan fingerprint density at radius 2 is 2.00 bits per heavy atom. The van der Waals surface area contributed by atoms with Gasteiger partial charge in [-0.25, -0.2) is 10.5 Å². The highest BCUT2D eigenvalue weighted by molar-refractivity contribution is 7.98. The Balaban J connectivity index is 2.02. The van der Waals surface area contributed by atoms with Crippen LogP contribution in [-0.2, 0) is 5.75 Å². The number of hydrogen-bond acceptors (Lipinski definition) is 6. The molecular formula is C9H11ClN6S. The van der Waals surface area contributed by atoms with Gasteiger partial charge in [-0.1, -0.05) is 35.5 Å². The van der Waals surface area contributed by atoms with E-state index in [9.17, 15) is 0 Å². The molecule has 0 saturated carbocycles. The first-order valence-electron chi connectivity index (χ1n) is 4.75. The van der Waals surface area contributed by atoms with E-state index >= 15 is 0 Å². The minimum Gasteiger partial charge on any atom is -0.334 e. The normalized spacial score (nSPS) is 10.5. The Morgan fingerprint density at radius 1 is 1.29 bits per heavy atom. The lowest BCUT2D eigenvalue weighted by Gasteiger charge is -2.02. The molecule has 1 aromatic carbocycles. The molecular weight excluding hydrogens is 260 g/mol. The summed E-state index contributed by atoms with van der Waals surface area (Å²) in [4.78, 5) is 0. The van der Waals surface area contributed by atoms with Crippen molar-refractivity contribution in [2.75, 3.05) is 11.3 Å². The lowest BCUT2D eigenvalue weighted by molar-refractivity contribution is 0.846. The summed E-state index contributed by atoms with van der Waals surface area (Å²) in [5, 5.41) is 8.98. The number of nitrogen functional groups attached to an aromatic ring is 2. The zero-order chi connectivity index (χ0) is 12.3. The van der Waals surface area contributed by atoms with Gasteiger partial charge in [-0.3, -0.25) is 5.43 Å². The second-order valence-corrected chi connectivity index (χ2v) is 4.61. The number of nitrogens with one attached hydrogen (secondary N) is 1. The van der Waals surface area contributed by atoms with Crippen LogP contribution >= 0.6 is 23.4 Å². The summed E-state index contributed by atoms with van der Waals surface area (Å²) in [6, 6.07) is 7.60. The van der Waals surface area contributed by atoms with Crippen LogP contribution in [0.25, 0.3) is 0 Å². The number of halogens is 1. The van der Waals surface area contributed by atoms with Gasteiger partial charge in [0.15, 0.2) is 0 Å². The third-order valence-corrected chi connectivity index (χ3v) is 3.34. The zero-order valence-electron chi connectivity index (χ0n) is 8.80. The largest absolute Gasteiger partial charge is 0.334 e. The first-order chi connectivity index (χ1) is 8.20. The molecule has 8 heteroatoms. The van der Waals surface area contributed by atoms with E-state index in [0.29, 0.717) is 11.1 Å². The van der Waals surface area contributed by atoms with Gasteiger partial charge in [0.2, 0.25) is 5.16 Å². The zero-order valence-corrected chi connectivity index (χ0v) is 10.4. The van der Waals surface area contributed by atoms with Gasteiger partial charge in [0.05, 0.1) is 0 Å². The van der Waals surface area contributed by atoms with Crippen molar-refractivity contribution < 1.29 is 0 Å². The summed E-state index contributed by atoms with van der Waals surface area (Å²) < 4.78 is 1.31. The number of nitrogens with two attached hydrogens (primary N) is 2. The molecule has 0 aliphatic carbocycles. The molecule has 0 fully saturated rings. The second-order valence-electron chi connectivity index (χ2n) is 3.24. The van der Waals surface area contributed by atoms with E-state index in [-0.39, 0.29) is 0 Å². The molecule has 0 atom stereocenters. The molecule has 0 aliphatic rings. The van der Waals surface area contributed by atoms with E-state index < -0.39 is 0 Å². The van der Waals surface area contributed by atoms with Crippen molar-refractivity contribution in [2.45, 2.75) is 10.9 Å². The van der Waals surface area contributed by atoms with Crippen molar-refractivity contribution in [3.05, 3.63) is 34.9 Å². The smallest absolute Gasteiger partial charge is 0.258 e. The number of thioether (sulfide) groups is 1. The lowest BCUT2D eigenvalue weighted by Crippen LogP contribution is -2.18. The van der Waals surface area contributed by atoms with E-state index in [1.54, 1.807) is 0 Å². The fourth-order valence-electron chi connectivity index (χ4n) is 1.20. The molecule has 5 N–H and O–H groups in total. The number of hydrogen-bond donors (Lipinski definition) is 3. The average molecular weight is 271 g/mol. The van der Waals surface area contributed by atoms with Crippen molar-refractivity contribution in [1.29, 1.82) is 0 Å². The number of anilines is 1. The number of hydrazine groups is 1. The van der Waals surface area contributed by atoms with Gasteiger partial charge < -0.3 is 5.84 Å². The molecule has 1 aromatic heterocycles. The predicted molar refractivity (Wildman–Crippen MR) is 69.0 cm³/mol. The van der Waals surface area contributed by atoms with Gasteiger partial charge in [0, 0.05) is 10.8 Å². The van der Waals surface area contributed by atoms with E-state index in [4.69, 9.17) is 23.3 Å². The van der Waals surface area contributed by atoms with E-state index in [0.717, 1.165) is 16.3 Å². The predicted octanol–water partition coefficient (Wildman–Crippen LogP) is 1.22. The van der Waals surface area contributed by atoms with Crippen LogP contribution in [0.3, 0.4) is 0 Å². The van der Waals surface area contributed by atoms with Crippen LogP contribution in [0.1, 0.15) is 5.56 Å². The molecule has 0 saturated heterocycles. The summed E-state index contributed by atoms with van der Waals surface area (Å²) in [5.41, 5.74) is 3.48. The maximum atomic E-state index is 5.80. The molecule has 2 rings (SSSR count). The Bertz CT molecular complexity index is 497. The molecule has 0 bridgehead atoms. The second kappa shape index (κ2) is 5.26. The summed E-state index contributed by atoms with van der Waals surface area (Å²) in [6.45, 7) is 0. The van der Waals surface area contributed by atoms with Gasteiger partial charge >= 0.3 is 0 Å². The molecule has 1 heterocycles. The minimum absolute atomic E-state index is 0.323. The number of rotatable bonds is 4. The first-order valence-corrected chi connectivity index (χ1v) is 6.11. The lowest BCUT2D eigenvalue weighted by atomic mass is 10.2. The number of nitrogens with zero attached hydrogens (tertiary/aromatic N) is 3. The quantitative estimate of drug-likeness (QED) is 0.439. The number of aromatic nitrogens is 3. The Labute approximate surface area is 107 Å². The summed E-state index contributed by atoms with van der Waals surface area (Å²) >= 11 is 7.27. The van der Waals surface area contributed by atoms with Gasteiger partial charge in [-0.2, -0.15) is 0 Å². The molecule has 0 radical (unpaired) electrons. The maximum Gasteiger partial charge on any atom is 0.258 e. The minimum atomic E-state index is 0.323. The van der Waals surface area contributed by atoms with Gasteiger partial charge in [-0.05, 0) is 17.7 Å². The average Bonchev–Trinajstić information content (AvgIpc) is 2.69. The monoisotopic (exact) mass is 270 g/mol. The fourth-order valence-corrected chi connectivity index (χ4v) is 2.14. The Kier molecular flexibility index (Phi) is 3.72. The maximum absolute atomic E-state index is 5.80. The van der Waals surface area contributed by atoms with Crippen LogP contribution in [0.5, 0.6) is 0 Å². The van der Waals surface area contributed by atoms with Crippen LogP contribution < -0.4 is 17.1 Å². The molecule has 0 amide bonds. The molecule has 0 aliphatic heterocycles. The summed E-state index contributed by atoms with van der Waals surface area (Å²) in [7, 11) is 0. The molecule has 90 valence electrons. The van der Waals surface area contributed by atoms with Crippen LogP contribution in [0, 0.1) is 0 Å².